The molecular weight excluding hydrogens is 236 g/mol. The Bertz CT molecular complexity index is 573. The third-order valence-corrected chi connectivity index (χ3v) is 3.10. The minimum Gasteiger partial charge on any atom is -0.504 e. The number of hydrogen-bond donors (Lipinski definition) is 2. The van der Waals surface area contributed by atoms with Crippen LogP contribution in [0.25, 0.3) is 5.76 Å². The van der Waals surface area contributed by atoms with E-state index in [1.54, 1.807) is 0 Å². The zero-order valence-electron chi connectivity index (χ0n) is 9.77. The molecule has 1 aromatic rings. The first-order chi connectivity index (χ1) is 8.56. The number of rotatable bonds is 0. The molecule has 0 fully saturated rings. The normalized spacial score (nSPS) is 21.8. The maximum absolute atomic E-state index is 11.9. The second-order valence-electron chi connectivity index (χ2n) is 4.49. The Morgan fingerprint density at radius 1 is 1.28 bits per heavy atom. The Kier molecular flexibility index (Phi) is 2.23. The van der Waals surface area contributed by atoms with Crippen LogP contribution >= 0.6 is 0 Å². The van der Waals surface area contributed by atoms with Gasteiger partial charge in [-0.2, -0.15) is 0 Å². The zero-order chi connectivity index (χ0) is 12.9. The van der Waals surface area contributed by atoms with E-state index in [1.165, 1.54) is 12.1 Å². The van der Waals surface area contributed by atoms with E-state index in [9.17, 15) is 15.0 Å². The molecule has 1 aromatic carbocycles. The molecule has 5 nitrogen and oxygen atoms in total. The van der Waals surface area contributed by atoms with Crippen LogP contribution in [0.15, 0.2) is 17.7 Å². The molecule has 0 unspecified atom stereocenters. The minimum absolute atomic E-state index is 0.00182. The van der Waals surface area contributed by atoms with Crippen molar-refractivity contribution in [3.8, 4) is 17.2 Å². The summed E-state index contributed by atoms with van der Waals surface area (Å²) < 4.78 is 11.1. The minimum atomic E-state index is -0.264. The molecule has 0 bridgehead atoms. The van der Waals surface area contributed by atoms with E-state index >= 15 is 0 Å². The summed E-state index contributed by atoms with van der Waals surface area (Å²) in [5, 5.41) is 19.0. The average molecular weight is 248 g/mol. The lowest BCUT2D eigenvalue weighted by atomic mass is 9.96. The van der Waals surface area contributed by atoms with Crippen LogP contribution in [0.3, 0.4) is 0 Å². The summed E-state index contributed by atoms with van der Waals surface area (Å²) in [6.07, 6.45) is 0.139. The molecule has 0 aromatic heterocycles. The number of carbonyl (C=O) groups excluding carboxylic acids is 1. The largest absolute Gasteiger partial charge is 0.504 e. The number of phenols is 2. The van der Waals surface area contributed by atoms with Crippen molar-refractivity contribution in [2.75, 3.05) is 6.61 Å². The molecule has 2 N–H and O–H groups in total. The molecule has 5 heteroatoms. The predicted octanol–water partition coefficient (Wildman–Crippen LogP) is 1.58. The van der Waals surface area contributed by atoms with Crippen molar-refractivity contribution in [2.24, 2.45) is 0 Å². The van der Waals surface area contributed by atoms with Gasteiger partial charge in [0, 0.05) is 12.5 Å². The molecule has 2 aliphatic rings. The second-order valence-corrected chi connectivity index (χ2v) is 4.49. The van der Waals surface area contributed by atoms with E-state index < -0.39 is 0 Å². The van der Waals surface area contributed by atoms with Gasteiger partial charge >= 0.3 is 0 Å². The molecule has 94 valence electrons. The third kappa shape index (κ3) is 1.51. The number of fused-ring (bicyclic) bond motifs is 2. The fourth-order valence-corrected chi connectivity index (χ4v) is 2.20. The number of Topliss-reactive ketones (excluding diaryl/α,β-unsaturated/α-hetero) is 1. The first-order valence-electron chi connectivity index (χ1n) is 5.68. The highest BCUT2D eigenvalue weighted by Gasteiger charge is 2.33. The smallest absolute Gasteiger partial charge is 0.169 e. The van der Waals surface area contributed by atoms with Crippen LogP contribution in [-0.4, -0.2) is 28.7 Å². The molecule has 18 heavy (non-hydrogen) atoms. The fraction of sp³-hybridized carbons (Fsp3) is 0.308. The number of phenolic OH excluding ortho intramolecular Hbond substituents is 2. The van der Waals surface area contributed by atoms with Gasteiger partial charge in [0.15, 0.2) is 17.3 Å². The van der Waals surface area contributed by atoms with Gasteiger partial charge in [-0.3, -0.25) is 4.79 Å². The lowest BCUT2D eigenvalue weighted by Gasteiger charge is -2.30. The van der Waals surface area contributed by atoms with Gasteiger partial charge in [0.25, 0.3) is 0 Å². The zero-order valence-corrected chi connectivity index (χ0v) is 9.77. The summed E-state index contributed by atoms with van der Waals surface area (Å²) >= 11 is 0. The highest BCUT2D eigenvalue weighted by Crippen LogP contribution is 2.42. The van der Waals surface area contributed by atoms with Crippen LogP contribution in [0, 0.1) is 0 Å². The summed E-state index contributed by atoms with van der Waals surface area (Å²) in [5.41, 5.74) is 0.997. The Balaban J connectivity index is 2.18. The average Bonchev–Trinajstić information content (AvgIpc) is 2.30. The summed E-state index contributed by atoms with van der Waals surface area (Å²) in [4.78, 5) is 11.9. The maximum atomic E-state index is 11.9. The third-order valence-electron chi connectivity index (χ3n) is 3.10. The molecule has 0 spiro atoms. The fourth-order valence-electron chi connectivity index (χ4n) is 2.20. The summed E-state index contributed by atoms with van der Waals surface area (Å²) in [5.74, 6) is 0.344. The first-order valence-corrected chi connectivity index (χ1v) is 5.68. The topological polar surface area (TPSA) is 76.0 Å². The Morgan fingerprint density at radius 3 is 2.78 bits per heavy atom. The van der Waals surface area contributed by atoms with Gasteiger partial charge in [-0.15, -0.1) is 0 Å². The van der Waals surface area contributed by atoms with E-state index in [0.29, 0.717) is 29.1 Å². The second kappa shape index (κ2) is 3.66. The maximum Gasteiger partial charge on any atom is 0.169 e. The lowest BCUT2D eigenvalue weighted by Crippen LogP contribution is -2.28. The summed E-state index contributed by atoms with van der Waals surface area (Å²) in [6, 6.07) is 2.67. The molecule has 0 saturated heterocycles. The van der Waals surface area contributed by atoms with E-state index in [-0.39, 0.29) is 30.0 Å². The van der Waals surface area contributed by atoms with Crippen molar-refractivity contribution in [1.29, 1.82) is 0 Å². The Hall–Kier alpha value is -2.17. The van der Waals surface area contributed by atoms with Gasteiger partial charge in [0.1, 0.15) is 24.2 Å². The van der Waals surface area contributed by atoms with Crippen molar-refractivity contribution in [2.45, 2.75) is 19.4 Å². The number of aromatic hydroxyl groups is 2. The first kappa shape index (κ1) is 11.0. The SMILES string of the molecule is C[C@H]1CC(=O)C2=C(O1)c1cc(O)c(O)cc1OC2. The van der Waals surface area contributed by atoms with Gasteiger partial charge in [0.2, 0.25) is 0 Å². The molecular formula is C13H12O5. The monoisotopic (exact) mass is 248 g/mol. The van der Waals surface area contributed by atoms with E-state index in [1.807, 2.05) is 6.92 Å². The standard InChI is InChI=1S/C13H12O5/c1-6-2-9(14)8-5-17-12-4-11(16)10(15)3-7(12)13(8)18-6/h3-4,6,15-16H,2,5H2,1H3/t6-/m0/s1. The number of carbonyl (C=O) groups is 1. The molecule has 2 heterocycles. The van der Waals surface area contributed by atoms with Crippen LogP contribution in [-0.2, 0) is 9.53 Å². The van der Waals surface area contributed by atoms with Crippen molar-refractivity contribution >= 4 is 11.5 Å². The van der Waals surface area contributed by atoms with Gasteiger partial charge in [-0.25, -0.2) is 0 Å². The molecule has 1 atom stereocenters. The van der Waals surface area contributed by atoms with Crippen LogP contribution in [0.4, 0.5) is 0 Å². The Labute approximate surface area is 103 Å². The lowest BCUT2D eigenvalue weighted by molar-refractivity contribution is -0.118. The highest BCUT2D eigenvalue weighted by molar-refractivity contribution is 6.04. The molecule has 2 aliphatic heterocycles. The van der Waals surface area contributed by atoms with Crippen molar-refractivity contribution in [1.82, 2.24) is 0 Å². The Morgan fingerprint density at radius 2 is 2.00 bits per heavy atom. The van der Waals surface area contributed by atoms with E-state index in [4.69, 9.17) is 9.47 Å². The van der Waals surface area contributed by atoms with Crippen molar-refractivity contribution < 1.29 is 24.5 Å². The molecule has 3 rings (SSSR count). The number of benzene rings is 1. The number of hydrogen-bond acceptors (Lipinski definition) is 5. The number of ketones is 1. The van der Waals surface area contributed by atoms with Gasteiger partial charge in [-0.05, 0) is 13.0 Å². The summed E-state index contributed by atoms with van der Waals surface area (Å²) in [7, 11) is 0. The van der Waals surface area contributed by atoms with Gasteiger partial charge < -0.3 is 19.7 Å². The van der Waals surface area contributed by atoms with E-state index in [0.717, 1.165) is 0 Å². The van der Waals surface area contributed by atoms with E-state index in [2.05, 4.69) is 0 Å². The van der Waals surface area contributed by atoms with Crippen LogP contribution in [0.1, 0.15) is 18.9 Å². The summed E-state index contributed by atoms with van der Waals surface area (Å²) in [6.45, 7) is 1.95. The molecule has 0 aliphatic carbocycles. The highest BCUT2D eigenvalue weighted by atomic mass is 16.5. The van der Waals surface area contributed by atoms with Gasteiger partial charge in [0.05, 0.1) is 11.1 Å². The van der Waals surface area contributed by atoms with Crippen LogP contribution in [0.5, 0.6) is 17.2 Å². The van der Waals surface area contributed by atoms with Gasteiger partial charge in [-0.1, -0.05) is 0 Å². The molecule has 0 saturated carbocycles. The van der Waals surface area contributed by atoms with Crippen molar-refractivity contribution in [3.05, 3.63) is 23.3 Å². The number of ether oxygens (including phenoxy) is 2. The van der Waals surface area contributed by atoms with Crippen LogP contribution < -0.4 is 4.74 Å². The van der Waals surface area contributed by atoms with Crippen LogP contribution in [0.2, 0.25) is 0 Å². The predicted molar refractivity (Wildman–Crippen MR) is 62.4 cm³/mol. The molecule has 0 amide bonds. The quantitative estimate of drug-likeness (QED) is 0.682. The van der Waals surface area contributed by atoms with Crippen molar-refractivity contribution in [3.63, 3.8) is 0 Å². The molecule has 0 radical (unpaired) electrons.